The van der Waals surface area contributed by atoms with Crippen LogP contribution in [0.4, 0.5) is 0 Å². The Hall–Kier alpha value is -3.30. The Bertz CT molecular complexity index is 1380. The lowest BCUT2D eigenvalue weighted by Gasteiger charge is -2.13. The quantitative estimate of drug-likeness (QED) is 0.285. The predicted octanol–water partition coefficient (Wildman–Crippen LogP) is 7.74. The summed E-state index contributed by atoms with van der Waals surface area (Å²) in [7, 11) is 0. The van der Waals surface area contributed by atoms with Gasteiger partial charge in [-0.25, -0.2) is 0 Å². The van der Waals surface area contributed by atoms with Gasteiger partial charge < -0.3 is 9.67 Å². The van der Waals surface area contributed by atoms with Crippen molar-refractivity contribution >= 4 is 43.5 Å². The summed E-state index contributed by atoms with van der Waals surface area (Å²) >= 11 is 3.62. The second-order valence-corrected chi connectivity index (χ2v) is 7.97. The fourth-order valence-electron chi connectivity index (χ4n) is 3.98. The van der Waals surface area contributed by atoms with E-state index in [1.165, 1.54) is 16.5 Å². The number of aliphatic hydroxyl groups excluding tert-OH is 1. The molecule has 0 bridgehead atoms. The van der Waals surface area contributed by atoms with Crippen LogP contribution in [0, 0.1) is 0 Å². The van der Waals surface area contributed by atoms with Crippen LogP contribution in [0.3, 0.4) is 0 Å². The number of aromatic nitrogens is 1. The molecule has 0 spiro atoms. The SMILES string of the molecule is C=C(O)c1ccccc1-n1c2ccc(Br)cc2c2cc(-c3ccccc3)ccc21. The molecule has 0 aliphatic rings. The molecule has 2 nitrogen and oxygen atoms in total. The van der Waals surface area contributed by atoms with Crippen LogP contribution in [0.25, 0.3) is 44.4 Å². The Kier molecular flexibility index (Phi) is 4.26. The van der Waals surface area contributed by atoms with Gasteiger partial charge in [0.1, 0.15) is 5.76 Å². The van der Waals surface area contributed by atoms with Gasteiger partial charge in [0.2, 0.25) is 0 Å². The van der Waals surface area contributed by atoms with E-state index in [1.807, 2.05) is 36.4 Å². The zero-order chi connectivity index (χ0) is 20.0. The zero-order valence-corrected chi connectivity index (χ0v) is 17.2. The monoisotopic (exact) mass is 439 g/mol. The molecule has 0 atom stereocenters. The lowest BCUT2D eigenvalue weighted by Crippen LogP contribution is -1.98. The predicted molar refractivity (Wildman–Crippen MR) is 126 cm³/mol. The van der Waals surface area contributed by atoms with E-state index in [-0.39, 0.29) is 5.76 Å². The highest BCUT2D eigenvalue weighted by molar-refractivity contribution is 9.10. The molecule has 0 saturated heterocycles. The Morgan fingerprint density at radius 1 is 0.724 bits per heavy atom. The van der Waals surface area contributed by atoms with Crippen molar-refractivity contribution in [2.75, 3.05) is 0 Å². The smallest absolute Gasteiger partial charge is 0.117 e. The van der Waals surface area contributed by atoms with Gasteiger partial charge in [-0.3, -0.25) is 0 Å². The molecule has 0 aliphatic carbocycles. The van der Waals surface area contributed by atoms with Crippen LogP contribution in [0.5, 0.6) is 0 Å². The fourth-order valence-corrected chi connectivity index (χ4v) is 4.34. The summed E-state index contributed by atoms with van der Waals surface area (Å²) in [5.74, 6) is 0.0635. The largest absolute Gasteiger partial charge is 0.508 e. The molecule has 0 aliphatic heterocycles. The zero-order valence-electron chi connectivity index (χ0n) is 15.6. The normalized spacial score (nSPS) is 11.2. The Labute approximate surface area is 177 Å². The molecule has 3 heteroatoms. The molecule has 140 valence electrons. The molecule has 1 heterocycles. The van der Waals surface area contributed by atoms with Crippen molar-refractivity contribution in [1.29, 1.82) is 0 Å². The summed E-state index contributed by atoms with van der Waals surface area (Å²) < 4.78 is 3.23. The molecular weight excluding hydrogens is 422 g/mol. The lowest BCUT2D eigenvalue weighted by molar-refractivity contribution is 0.513. The van der Waals surface area contributed by atoms with Gasteiger partial charge in [0.25, 0.3) is 0 Å². The van der Waals surface area contributed by atoms with E-state index >= 15 is 0 Å². The van der Waals surface area contributed by atoms with Crippen molar-refractivity contribution in [3.63, 3.8) is 0 Å². The van der Waals surface area contributed by atoms with Gasteiger partial charge in [0.15, 0.2) is 0 Å². The first-order valence-electron chi connectivity index (χ1n) is 9.40. The van der Waals surface area contributed by atoms with Crippen molar-refractivity contribution in [1.82, 2.24) is 4.57 Å². The molecule has 0 unspecified atom stereocenters. The van der Waals surface area contributed by atoms with Gasteiger partial charge in [-0.1, -0.05) is 71.0 Å². The first-order chi connectivity index (χ1) is 14.1. The number of fused-ring (bicyclic) bond motifs is 3. The van der Waals surface area contributed by atoms with E-state index in [0.717, 1.165) is 32.1 Å². The van der Waals surface area contributed by atoms with Crippen LogP contribution in [0.1, 0.15) is 5.56 Å². The van der Waals surface area contributed by atoms with Gasteiger partial charge in [-0.15, -0.1) is 0 Å². The maximum Gasteiger partial charge on any atom is 0.117 e. The Morgan fingerprint density at radius 3 is 2.14 bits per heavy atom. The van der Waals surface area contributed by atoms with E-state index in [9.17, 15) is 5.11 Å². The average molecular weight is 440 g/mol. The Morgan fingerprint density at radius 2 is 1.38 bits per heavy atom. The molecular formula is C26H18BrNO. The average Bonchev–Trinajstić information content (AvgIpc) is 3.07. The third-order valence-electron chi connectivity index (χ3n) is 5.29. The van der Waals surface area contributed by atoms with Crippen molar-refractivity contribution in [2.45, 2.75) is 0 Å². The second kappa shape index (κ2) is 6.94. The summed E-state index contributed by atoms with van der Waals surface area (Å²) in [5.41, 5.74) is 6.18. The highest BCUT2D eigenvalue weighted by Gasteiger charge is 2.16. The number of aliphatic hydroxyl groups is 1. The van der Waals surface area contributed by atoms with E-state index in [1.54, 1.807) is 0 Å². The molecule has 5 aromatic rings. The summed E-state index contributed by atoms with van der Waals surface area (Å²) in [5, 5.41) is 12.5. The van der Waals surface area contributed by atoms with Crippen molar-refractivity contribution in [3.05, 3.63) is 108 Å². The minimum Gasteiger partial charge on any atom is -0.508 e. The summed E-state index contributed by atoms with van der Waals surface area (Å²) in [6.45, 7) is 3.76. The van der Waals surface area contributed by atoms with Gasteiger partial charge in [0, 0.05) is 20.8 Å². The molecule has 4 aromatic carbocycles. The summed E-state index contributed by atoms with van der Waals surface area (Å²) in [6.07, 6.45) is 0. The molecule has 0 fully saturated rings. The molecule has 0 amide bonds. The lowest BCUT2D eigenvalue weighted by atomic mass is 10.0. The number of para-hydroxylation sites is 1. The van der Waals surface area contributed by atoms with E-state index in [4.69, 9.17) is 0 Å². The van der Waals surface area contributed by atoms with Crippen LogP contribution >= 0.6 is 15.9 Å². The van der Waals surface area contributed by atoms with Gasteiger partial charge >= 0.3 is 0 Å². The minimum atomic E-state index is 0.0635. The number of nitrogens with zero attached hydrogens (tertiary/aromatic N) is 1. The summed E-state index contributed by atoms with van der Waals surface area (Å²) in [6, 6.07) is 31.1. The van der Waals surface area contributed by atoms with Gasteiger partial charge in [-0.05, 0) is 53.6 Å². The number of rotatable bonds is 3. The van der Waals surface area contributed by atoms with E-state index in [2.05, 4.69) is 81.7 Å². The molecule has 1 N–H and O–H groups in total. The van der Waals surface area contributed by atoms with Crippen molar-refractivity contribution in [3.8, 4) is 16.8 Å². The van der Waals surface area contributed by atoms with Crippen LogP contribution < -0.4 is 0 Å². The van der Waals surface area contributed by atoms with Gasteiger partial charge in [-0.2, -0.15) is 0 Å². The van der Waals surface area contributed by atoms with E-state index < -0.39 is 0 Å². The Balaban J connectivity index is 1.89. The molecule has 0 saturated carbocycles. The standard InChI is InChI=1S/C26H18BrNO/c1-17(29)21-9-5-6-10-24(21)28-25-13-11-19(18-7-3-2-4-8-18)15-22(25)23-16-20(27)12-14-26(23)28/h2-16,29H,1H2. The maximum absolute atomic E-state index is 10.2. The first-order valence-corrected chi connectivity index (χ1v) is 10.2. The van der Waals surface area contributed by atoms with Crippen LogP contribution in [0.15, 0.2) is 102 Å². The third kappa shape index (κ3) is 2.95. The first kappa shape index (κ1) is 17.8. The summed E-state index contributed by atoms with van der Waals surface area (Å²) in [4.78, 5) is 0. The second-order valence-electron chi connectivity index (χ2n) is 7.06. The molecule has 29 heavy (non-hydrogen) atoms. The number of hydrogen-bond donors (Lipinski definition) is 1. The number of hydrogen-bond acceptors (Lipinski definition) is 1. The van der Waals surface area contributed by atoms with Crippen LogP contribution in [0.2, 0.25) is 0 Å². The molecule has 1 aromatic heterocycles. The minimum absolute atomic E-state index is 0.0635. The van der Waals surface area contributed by atoms with Crippen LogP contribution in [-0.2, 0) is 0 Å². The van der Waals surface area contributed by atoms with Gasteiger partial charge in [0.05, 0.1) is 16.7 Å². The highest BCUT2D eigenvalue weighted by atomic mass is 79.9. The van der Waals surface area contributed by atoms with Crippen molar-refractivity contribution < 1.29 is 5.11 Å². The highest BCUT2D eigenvalue weighted by Crippen LogP contribution is 2.37. The fraction of sp³-hybridized carbons (Fsp3) is 0. The van der Waals surface area contributed by atoms with Crippen LogP contribution in [-0.4, -0.2) is 9.67 Å². The molecule has 5 rings (SSSR count). The van der Waals surface area contributed by atoms with Crippen molar-refractivity contribution in [2.24, 2.45) is 0 Å². The maximum atomic E-state index is 10.2. The molecule has 0 radical (unpaired) electrons. The third-order valence-corrected chi connectivity index (χ3v) is 5.78. The number of benzene rings is 4. The number of halogens is 1. The topological polar surface area (TPSA) is 25.2 Å². The van der Waals surface area contributed by atoms with E-state index in [0.29, 0.717) is 0 Å².